The number of nitrogens with one attached hydrogen (secondary N) is 1. The van der Waals surface area contributed by atoms with Crippen molar-refractivity contribution in [1.82, 2.24) is 0 Å². The molecule has 32 heavy (non-hydrogen) atoms. The molecule has 0 saturated heterocycles. The average molecular weight is 467 g/mol. The largest absolute Gasteiger partial charge is 0.456 e. The van der Waals surface area contributed by atoms with Crippen LogP contribution >= 0.6 is 23.2 Å². The van der Waals surface area contributed by atoms with Gasteiger partial charge in [0, 0.05) is 63.6 Å². The van der Waals surface area contributed by atoms with Crippen molar-refractivity contribution in [2.75, 3.05) is 18.4 Å². The van der Waals surface area contributed by atoms with Crippen molar-refractivity contribution in [2.24, 2.45) is 4.99 Å². The number of aldehydes is 1. The van der Waals surface area contributed by atoms with E-state index in [2.05, 4.69) is 23.3 Å². The van der Waals surface area contributed by atoms with Gasteiger partial charge in [-0.2, -0.15) is 0 Å². The summed E-state index contributed by atoms with van der Waals surface area (Å²) in [6.07, 6.45) is 0.763. The zero-order chi connectivity index (χ0) is 23.0. The summed E-state index contributed by atoms with van der Waals surface area (Å²) in [6, 6.07) is 11.4. The van der Waals surface area contributed by atoms with Gasteiger partial charge < -0.3 is 9.73 Å². The molecule has 0 saturated carbocycles. The number of hydrogen-bond donors (Lipinski definition) is 1. The third kappa shape index (κ3) is 3.78. The lowest BCUT2D eigenvalue weighted by atomic mass is 9.89. The quantitative estimate of drug-likeness (QED) is 0.248. The van der Waals surface area contributed by atoms with Crippen molar-refractivity contribution < 1.29 is 9.21 Å². The molecule has 0 spiro atoms. The van der Waals surface area contributed by atoms with Crippen LogP contribution in [0.2, 0.25) is 10.0 Å². The van der Waals surface area contributed by atoms with Gasteiger partial charge in [-0.15, -0.1) is 0 Å². The SMILES string of the molecule is CCN=c1cc2oc3cc(NCC)c(C)cc3c(-c3c(Cl)ccc(Cl)c3C=O)c-2cc1C. The van der Waals surface area contributed by atoms with Crippen molar-refractivity contribution in [3.8, 4) is 22.5 Å². The summed E-state index contributed by atoms with van der Waals surface area (Å²) in [7, 11) is 0. The second-order valence-corrected chi connectivity index (χ2v) is 8.53. The fraction of sp³-hybridized carbons (Fsp3) is 0.231. The molecule has 164 valence electrons. The number of nitrogens with zero attached hydrogens (tertiary/aromatic N) is 1. The molecule has 1 heterocycles. The summed E-state index contributed by atoms with van der Waals surface area (Å²) < 4.78 is 6.37. The number of benzene rings is 3. The molecule has 2 aromatic carbocycles. The highest BCUT2D eigenvalue weighted by molar-refractivity contribution is 6.38. The van der Waals surface area contributed by atoms with Crippen molar-refractivity contribution in [1.29, 1.82) is 0 Å². The number of rotatable bonds is 5. The van der Waals surface area contributed by atoms with Crippen LogP contribution < -0.4 is 10.7 Å². The van der Waals surface area contributed by atoms with Gasteiger partial charge >= 0.3 is 0 Å². The maximum Gasteiger partial charge on any atom is 0.152 e. The fourth-order valence-electron chi connectivity index (χ4n) is 4.12. The monoisotopic (exact) mass is 466 g/mol. The van der Waals surface area contributed by atoms with E-state index in [9.17, 15) is 4.79 Å². The maximum absolute atomic E-state index is 12.1. The van der Waals surface area contributed by atoms with Crippen LogP contribution in [-0.2, 0) is 0 Å². The van der Waals surface area contributed by atoms with Gasteiger partial charge in [-0.25, -0.2) is 0 Å². The zero-order valence-corrected chi connectivity index (χ0v) is 20.0. The number of carbonyl (C=O) groups excluding carboxylic acids is 1. The molecule has 0 fully saturated rings. The average Bonchev–Trinajstić information content (AvgIpc) is 2.76. The van der Waals surface area contributed by atoms with Crippen molar-refractivity contribution in [3.63, 3.8) is 0 Å². The van der Waals surface area contributed by atoms with Gasteiger partial charge in [0.2, 0.25) is 0 Å². The van der Waals surface area contributed by atoms with Crippen LogP contribution in [0.1, 0.15) is 35.3 Å². The van der Waals surface area contributed by atoms with E-state index in [1.807, 2.05) is 39.0 Å². The summed E-state index contributed by atoms with van der Waals surface area (Å²) in [4.78, 5) is 16.7. The van der Waals surface area contributed by atoms with Crippen molar-refractivity contribution >= 4 is 46.1 Å². The van der Waals surface area contributed by atoms with Gasteiger partial charge in [-0.05, 0) is 63.1 Å². The summed E-state index contributed by atoms with van der Waals surface area (Å²) in [5, 5.41) is 5.93. The number of aryl methyl sites for hydroxylation is 2. The zero-order valence-electron chi connectivity index (χ0n) is 18.5. The normalized spacial score (nSPS) is 12.0. The minimum atomic E-state index is 0.358. The third-order valence-electron chi connectivity index (χ3n) is 5.59. The van der Waals surface area contributed by atoms with E-state index in [1.54, 1.807) is 12.1 Å². The van der Waals surface area contributed by atoms with E-state index < -0.39 is 0 Å². The van der Waals surface area contributed by atoms with Gasteiger partial charge in [0.15, 0.2) is 6.29 Å². The minimum absolute atomic E-state index is 0.358. The number of fused-ring (bicyclic) bond motifs is 2. The Kier molecular flexibility index (Phi) is 6.27. The molecular weight excluding hydrogens is 443 g/mol. The predicted molar refractivity (Wildman–Crippen MR) is 133 cm³/mol. The Bertz CT molecular complexity index is 1390. The van der Waals surface area contributed by atoms with Crippen LogP contribution in [0.4, 0.5) is 5.69 Å². The van der Waals surface area contributed by atoms with Gasteiger partial charge in [0.25, 0.3) is 0 Å². The molecule has 0 aromatic heterocycles. The molecule has 1 aliphatic heterocycles. The molecule has 0 bridgehead atoms. The minimum Gasteiger partial charge on any atom is -0.456 e. The Morgan fingerprint density at radius 1 is 1.00 bits per heavy atom. The highest BCUT2D eigenvalue weighted by Gasteiger charge is 2.24. The molecule has 4 nitrogen and oxygen atoms in total. The third-order valence-corrected chi connectivity index (χ3v) is 6.23. The van der Waals surface area contributed by atoms with Gasteiger partial charge in [-0.1, -0.05) is 23.2 Å². The Morgan fingerprint density at radius 3 is 2.44 bits per heavy atom. The van der Waals surface area contributed by atoms with Crippen molar-refractivity contribution in [3.05, 3.63) is 68.5 Å². The fourth-order valence-corrected chi connectivity index (χ4v) is 4.58. The first-order valence-corrected chi connectivity index (χ1v) is 11.3. The molecular formula is C26H24Cl2N2O2. The molecule has 0 radical (unpaired) electrons. The molecule has 0 atom stereocenters. The lowest BCUT2D eigenvalue weighted by Gasteiger charge is -2.20. The first kappa shape index (κ1) is 22.4. The first-order valence-electron chi connectivity index (χ1n) is 10.6. The number of hydrogen-bond acceptors (Lipinski definition) is 4. The second kappa shape index (κ2) is 8.97. The predicted octanol–water partition coefficient (Wildman–Crippen LogP) is 7.29. The van der Waals surface area contributed by atoms with E-state index in [-0.39, 0.29) is 0 Å². The number of halogens is 2. The Labute approximate surface area is 197 Å². The van der Waals surface area contributed by atoms with E-state index in [4.69, 9.17) is 27.6 Å². The molecule has 4 rings (SSSR count). The Morgan fingerprint density at radius 2 is 1.75 bits per heavy atom. The molecule has 2 aliphatic rings. The van der Waals surface area contributed by atoms with E-state index in [0.717, 1.165) is 51.5 Å². The maximum atomic E-state index is 12.1. The summed E-state index contributed by atoms with van der Waals surface area (Å²) in [5.74, 6) is 0.671. The van der Waals surface area contributed by atoms with Gasteiger partial charge in [0.1, 0.15) is 11.3 Å². The van der Waals surface area contributed by atoms with Gasteiger partial charge in [0.05, 0.1) is 10.4 Å². The van der Waals surface area contributed by atoms with Crippen LogP contribution in [0, 0.1) is 13.8 Å². The molecule has 1 aliphatic carbocycles. The summed E-state index contributed by atoms with van der Waals surface area (Å²) in [5.41, 5.74) is 6.41. The Balaban J connectivity index is 2.25. The van der Waals surface area contributed by atoms with Gasteiger partial charge in [-0.3, -0.25) is 9.79 Å². The lowest BCUT2D eigenvalue weighted by molar-refractivity contribution is 0.112. The van der Waals surface area contributed by atoms with Crippen LogP contribution in [-0.4, -0.2) is 19.4 Å². The topological polar surface area (TPSA) is 54.6 Å². The summed E-state index contributed by atoms with van der Waals surface area (Å²) in [6.45, 7) is 9.57. The first-order chi connectivity index (χ1) is 15.4. The van der Waals surface area contributed by atoms with Crippen LogP contribution in [0.25, 0.3) is 33.4 Å². The van der Waals surface area contributed by atoms with E-state index in [1.165, 1.54) is 0 Å². The molecule has 1 N–H and O–H groups in total. The van der Waals surface area contributed by atoms with E-state index in [0.29, 0.717) is 39.1 Å². The van der Waals surface area contributed by atoms with Crippen LogP contribution in [0.5, 0.6) is 0 Å². The lowest BCUT2D eigenvalue weighted by Crippen LogP contribution is -2.09. The van der Waals surface area contributed by atoms with E-state index >= 15 is 0 Å². The second-order valence-electron chi connectivity index (χ2n) is 7.72. The molecule has 2 aromatic rings. The standard InChI is InChI=1S/C26H24Cl2N2O2/c1-5-29-21-11-23-16(9-14(21)3)25(26-18(13-31)19(27)7-8-20(26)28)17-10-15(4)22(30-6-2)12-24(17)32-23/h7-13,29H,5-6H2,1-4H3. The molecule has 0 amide bonds. The molecule has 6 heteroatoms. The van der Waals surface area contributed by atoms with Crippen LogP contribution in [0.3, 0.4) is 0 Å². The van der Waals surface area contributed by atoms with Crippen LogP contribution in [0.15, 0.2) is 45.8 Å². The Hall–Kier alpha value is -2.82. The molecule has 0 unspecified atom stereocenters. The number of carbonyl (C=O) groups is 1. The highest BCUT2D eigenvalue weighted by Crippen LogP contribution is 2.46. The number of anilines is 1. The van der Waals surface area contributed by atoms with Crippen molar-refractivity contribution in [2.45, 2.75) is 27.7 Å². The smallest absolute Gasteiger partial charge is 0.152 e. The summed E-state index contributed by atoms with van der Waals surface area (Å²) >= 11 is 13.1. The highest BCUT2D eigenvalue weighted by atomic mass is 35.5.